The van der Waals surface area contributed by atoms with Gasteiger partial charge >= 0.3 is 0 Å². The number of carbonyl (C=O) groups excluding carboxylic acids is 1. The van der Waals surface area contributed by atoms with E-state index in [4.69, 9.17) is 0 Å². The highest BCUT2D eigenvalue weighted by molar-refractivity contribution is 5.94. The molecule has 0 bridgehead atoms. The van der Waals surface area contributed by atoms with Gasteiger partial charge in [0.05, 0.1) is 5.54 Å². The molecule has 0 radical (unpaired) electrons. The van der Waals surface area contributed by atoms with Crippen molar-refractivity contribution in [3.8, 4) is 0 Å². The fourth-order valence-electron chi connectivity index (χ4n) is 3.95. The monoisotopic (exact) mass is 271 g/mol. The van der Waals surface area contributed by atoms with Crippen LogP contribution in [0.1, 0.15) is 50.5 Å². The van der Waals surface area contributed by atoms with Gasteiger partial charge in [-0.05, 0) is 38.3 Å². The summed E-state index contributed by atoms with van der Waals surface area (Å²) in [4.78, 5) is 14.8. The number of hydrogen-bond donors (Lipinski definition) is 0. The smallest absolute Gasteiger partial charge is 0.153 e. The Hall–Kier alpha value is -1.15. The van der Waals surface area contributed by atoms with Gasteiger partial charge in [-0.15, -0.1) is 0 Å². The molecule has 3 rings (SSSR count). The van der Waals surface area contributed by atoms with E-state index in [0.29, 0.717) is 11.8 Å². The van der Waals surface area contributed by atoms with Crippen molar-refractivity contribution in [3.63, 3.8) is 0 Å². The molecule has 108 valence electrons. The van der Waals surface area contributed by atoms with Gasteiger partial charge < -0.3 is 0 Å². The van der Waals surface area contributed by atoms with Crippen LogP contribution in [0.2, 0.25) is 0 Å². The SMILES string of the molecule is CN(C1CCCCC1)C1(Cc2ccccc2)CCC1=O. The summed E-state index contributed by atoms with van der Waals surface area (Å²) in [7, 11) is 2.19. The molecule has 0 N–H and O–H groups in total. The Bertz CT molecular complexity index is 464. The standard InChI is InChI=1S/C18H25NO/c1-19(16-10-6-3-7-11-16)18(13-12-17(18)20)14-15-8-4-2-5-9-15/h2,4-5,8-9,16H,3,6-7,10-14H2,1H3. The van der Waals surface area contributed by atoms with Crippen LogP contribution in [0.3, 0.4) is 0 Å². The van der Waals surface area contributed by atoms with Crippen LogP contribution >= 0.6 is 0 Å². The van der Waals surface area contributed by atoms with E-state index in [1.54, 1.807) is 0 Å². The molecule has 1 aromatic rings. The van der Waals surface area contributed by atoms with Gasteiger partial charge in [0.1, 0.15) is 0 Å². The van der Waals surface area contributed by atoms with Gasteiger partial charge in [-0.1, -0.05) is 49.6 Å². The van der Waals surface area contributed by atoms with Gasteiger partial charge in [0.15, 0.2) is 5.78 Å². The molecule has 2 heteroatoms. The third kappa shape index (κ3) is 2.42. The van der Waals surface area contributed by atoms with E-state index in [1.807, 2.05) is 6.07 Å². The Balaban J connectivity index is 1.79. The second kappa shape index (κ2) is 5.69. The van der Waals surface area contributed by atoms with Crippen LogP contribution < -0.4 is 0 Å². The fourth-order valence-corrected chi connectivity index (χ4v) is 3.95. The number of ketones is 1. The molecule has 2 aliphatic carbocycles. The second-order valence-electron chi connectivity index (χ2n) is 6.52. The molecule has 1 unspecified atom stereocenters. The van der Waals surface area contributed by atoms with Crippen LogP contribution in [0.25, 0.3) is 0 Å². The van der Waals surface area contributed by atoms with Crippen molar-refractivity contribution < 1.29 is 4.79 Å². The highest BCUT2D eigenvalue weighted by Gasteiger charge is 2.50. The molecule has 0 spiro atoms. The minimum atomic E-state index is -0.205. The first-order chi connectivity index (χ1) is 9.72. The van der Waals surface area contributed by atoms with E-state index in [0.717, 1.165) is 19.3 Å². The first-order valence-electron chi connectivity index (χ1n) is 8.02. The summed E-state index contributed by atoms with van der Waals surface area (Å²) in [5, 5.41) is 0. The van der Waals surface area contributed by atoms with Crippen LogP contribution in [0.5, 0.6) is 0 Å². The lowest BCUT2D eigenvalue weighted by molar-refractivity contribution is -0.143. The topological polar surface area (TPSA) is 20.3 Å². The third-order valence-corrected chi connectivity index (χ3v) is 5.42. The van der Waals surface area contributed by atoms with Gasteiger partial charge in [0.2, 0.25) is 0 Å². The molecule has 20 heavy (non-hydrogen) atoms. The lowest BCUT2D eigenvalue weighted by Crippen LogP contribution is -2.63. The summed E-state index contributed by atoms with van der Waals surface area (Å²) in [6.45, 7) is 0. The quantitative estimate of drug-likeness (QED) is 0.834. The summed E-state index contributed by atoms with van der Waals surface area (Å²) >= 11 is 0. The Kier molecular flexibility index (Phi) is 3.93. The van der Waals surface area contributed by atoms with Crippen molar-refractivity contribution in [2.45, 2.75) is 62.9 Å². The summed E-state index contributed by atoms with van der Waals surface area (Å²) in [5.41, 5.74) is 1.09. The number of likely N-dealkylation sites (N-methyl/N-ethyl adjacent to an activating group) is 1. The Labute approximate surface area is 122 Å². The first kappa shape index (κ1) is 13.8. The molecule has 2 fully saturated rings. The average Bonchev–Trinajstić information content (AvgIpc) is 2.52. The number of rotatable bonds is 4. The summed E-state index contributed by atoms with van der Waals surface area (Å²) < 4.78 is 0. The van der Waals surface area contributed by atoms with Crippen molar-refractivity contribution in [1.29, 1.82) is 0 Å². The first-order valence-corrected chi connectivity index (χ1v) is 8.02. The Morgan fingerprint density at radius 2 is 1.85 bits per heavy atom. The third-order valence-electron chi connectivity index (χ3n) is 5.42. The normalized spacial score (nSPS) is 27.6. The molecular weight excluding hydrogens is 246 g/mol. The van der Waals surface area contributed by atoms with Gasteiger partial charge in [-0.25, -0.2) is 0 Å². The van der Waals surface area contributed by atoms with Crippen molar-refractivity contribution in [2.24, 2.45) is 0 Å². The van der Waals surface area contributed by atoms with Crippen molar-refractivity contribution in [2.75, 3.05) is 7.05 Å². The molecule has 0 heterocycles. The van der Waals surface area contributed by atoms with E-state index in [9.17, 15) is 4.79 Å². The van der Waals surface area contributed by atoms with E-state index in [-0.39, 0.29) is 5.54 Å². The van der Waals surface area contributed by atoms with Gasteiger partial charge in [0, 0.05) is 12.5 Å². The van der Waals surface area contributed by atoms with Crippen LogP contribution in [-0.4, -0.2) is 29.3 Å². The van der Waals surface area contributed by atoms with Crippen molar-refractivity contribution in [3.05, 3.63) is 35.9 Å². The number of nitrogens with zero attached hydrogens (tertiary/aromatic N) is 1. The van der Waals surface area contributed by atoms with E-state index >= 15 is 0 Å². The van der Waals surface area contributed by atoms with Crippen LogP contribution in [0.4, 0.5) is 0 Å². The van der Waals surface area contributed by atoms with Gasteiger partial charge in [0.25, 0.3) is 0 Å². The second-order valence-corrected chi connectivity index (χ2v) is 6.52. The maximum Gasteiger partial charge on any atom is 0.153 e. The summed E-state index contributed by atoms with van der Waals surface area (Å²) in [6.07, 6.45) is 9.23. The van der Waals surface area contributed by atoms with Crippen LogP contribution in [0.15, 0.2) is 30.3 Å². The van der Waals surface area contributed by atoms with Crippen molar-refractivity contribution >= 4 is 5.78 Å². The summed E-state index contributed by atoms with van der Waals surface area (Å²) in [6, 6.07) is 11.1. The predicted octanol–water partition coefficient (Wildman–Crippen LogP) is 3.60. The lowest BCUT2D eigenvalue weighted by atomic mass is 9.69. The zero-order valence-electron chi connectivity index (χ0n) is 12.5. The molecule has 2 nitrogen and oxygen atoms in total. The van der Waals surface area contributed by atoms with E-state index < -0.39 is 0 Å². The fraction of sp³-hybridized carbons (Fsp3) is 0.611. The molecule has 0 aliphatic heterocycles. The van der Waals surface area contributed by atoms with Crippen molar-refractivity contribution in [1.82, 2.24) is 4.90 Å². The average molecular weight is 271 g/mol. The van der Waals surface area contributed by atoms with E-state index in [1.165, 1.54) is 37.7 Å². The number of hydrogen-bond acceptors (Lipinski definition) is 2. The molecule has 0 saturated heterocycles. The molecule has 1 aromatic carbocycles. The van der Waals surface area contributed by atoms with Gasteiger partial charge in [-0.2, -0.15) is 0 Å². The highest BCUT2D eigenvalue weighted by atomic mass is 16.1. The zero-order valence-corrected chi connectivity index (χ0v) is 12.5. The van der Waals surface area contributed by atoms with Crippen LogP contribution in [0, 0.1) is 0 Å². The van der Waals surface area contributed by atoms with Crippen LogP contribution in [-0.2, 0) is 11.2 Å². The minimum Gasteiger partial charge on any atom is -0.298 e. The summed E-state index contributed by atoms with van der Waals surface area (Å²) in [5.74, 6) is 0.453. The maximum atomic E-state index is 12.4. The predicted molar refractivity (Wildman–Crippen MR) is 81.8 cm³/mol. The zero-order chi connectivity index (χ0) is 14.0. The maximum absolute atomic E-state index is 12.4. The molecule has 0 aromatic heterocycles. The highest BCUT2D eigenvalue weighted by Crippen LogP contribution is 2.40. The lowest BCUT2D eigenvalue weighted by Gasteiger charge is -2.51. The molecule has 2 saturated carbocycles. The number of carbonyl (C=O) groups is 1. The number of Topliss-reactive ketones (excluding diaryl/α,β-unsaturated/α-hetero) is 1. The minimum absolute atomic E-state index is 0.205. The van der Waals surface area contributed by atoms with E-state index in [2.05, 4.69) is 36.2 Å². The number of benzene rings is 1. The largest absolute Gasteiger partial charge is 0.298 e. The Morgan fingerprint density at radius 1 is 1.15 bits per heavy atom. The molecule has 2 aliphatic rings. The molecular formula is C18H25NO. The Morgan fingerprint density at radius 3 is 2.40 bits per heavy atom. The molecule has 0 amide bonds. The van der Waals surface area contributed by atoms with Gasteiger partial charge in [-0.3, -0.25) is 9.69 Å². The molecule has 1 atom stereocenters.